The Morgan fingerprint density at radius 1 is 1.20 bits per heavy atom. The van der Waals surface area contributed by atoms with Gasteiger partial charge in [0.1, 0.15) is 0 Å². The molecule has 1 aromatic heterocycles. The van der Waals surface area contributed by atoms with Gasteiger partial charge in [0.2, 0.25) is 5.89 Å². The Balaban J connectivity index is 2.58. The SMILES string of the molecule is CC(C)Cc1noc([C@@H](N)CC(C)C)n1. The Hall–Kier alpha value is -0.900. The molecule has 0 spiro atoms. The molecule has 1 heterocycles. The van der Waals surface area contributed by atoms with Crippen molar-refractivity contribution in [1.29, 1.82) is 0 Å². The molecule has 0 aliphatic rings. The van der Waals surface area contributed by atoms with Gasteiger partial charge in [-0.05, 0) is 18.3 Å². The number of hydrogen-bond donors (Lipinski definition) is 1. The van der Waals surface area contributed by atoms with Crippen LogP contribution in [0.15, 0.2) is 4.52 Å². The number of rotatable bonds is 5. The van der Waals surface area contributed by atoms with Crippen LogP contribution in [0.4, 0.5) is 0 Å². The molecule has 0 aliphatic carbocycles. The lowest BCUT2D eigenvalue weighted by Gasteiger charge is -2.08. The smallest absolute Gasteiger partial charge is 0.243 e. The van der Waals surface area contributed by atoms with E-state index < -0.39 is 0 Å². The first-order valence-corrected chi connectivity index (χ1v) is 5.57. The molecular weight excluding hydrogens is 190 g/mol. The second-order valence-corrected chi connectivity index (χ2v) is 4.88. The van der Waals surface area contributed by atoms with E-state index in [1.165, 1.54) is 0 Å². The highest BCUT2D eigenvalue weighted by atomic mass is 16.5. The van der Waals surface area contributed by atoms with Crippen LogP contribution < -0.4 is 5.73 Å². The van der Waals surface area contributed by atoms with Gasteiger partial charge in [-0.1, -0.05) is 32.9 Å². The lowest BCUT2D eigenvalue weighted by molar-refractivity contribution is 0.331. The number of nitrogens with zero attached hydrogens (tertiary/aromatic N) is 2. The second-order valence-electron chi connectivity index (χ2n) is 4.88. The van der Waals surface area contributed by atoms with Gasteiger partial charge in [-0.15, -0.1) is 0 Å². The Morgan fingerprint density at radius 2 is 1.87 bits per heavy atom. The number of nitrogens with two attached hydrogens (primary N) is 1. The average molecular weight is 211 g/mol. The minimum Gasteiger partial charge on any atom is -0.338 e. The van der Waals surface area contributed by atoms with E-state index in [1.807, 2.05) is 0 Å². The largest absolute Gasteiger partial charge is 0.338 e. The van der Waals surface area contributed by atoms with Gasteiger partial charge in [-0.3, -0.25) is 0 Å². The van der Waals surface area contributed by atoms with Crippen molar-refractivity contribution < 1.29 is 4.52 Å². The fourth-order valence-electron chi connectivity index (χ4n) is 1.47. The van der Waals surface area contributed by atoms with Crippen LogP contribution in [-0.4, -0.2) is 10.1 Å². The van der Waals surface area contributed by atoms with Crippen LogP contribution >= 0.6 is 0 Å². The van der Waals surface area contributed by atoms with Gasteiger partial charge in [0, 0.05) is 6.42 Å². The summed E-state index contributed by atoms with van der Waals surface area (Å²) in [4.78, 5) is 4.30. The molecule has 0 aliphatic heterocycles. The highest BCUT2D eigenvalue weighted by Gasteiger charge is 2.16. The summed E-state index contributed by atoms with van der Waals surface area (Å²) < 4.78 is 5.14. The molecule has 4 nitrogen and oxygen atoms in total. The fraction of sp³-hybridized carbons (Fsp3) is 0.818. The molecule has 1 rings (SSSR count). The Labute approximate surface area is 91.2 Å². The van der Waals surface area contributed by atoms with Crippen LogP contribution in [-0.2, 0) is 6.42 Å². The summed E-state index contributed by atoms with van der Waals surface area (Å²) >= 11 is 0. The third kappa shape index (κ3) is 4.00. The molecule has 1 atom stereocenters. The zero-order valence-electron chi connectivity index (χ0n) is 10.0. The molecule has 0 fully saturated rings. The quantitative estimate of drug-likeness (QED) is 0.811. The van der Waals surface area contributed by atoms with Gasteiger partial charge in [0.15, 0.2) is 5.82 Å². The van der Waals surface area contributed by atoms with Crippen molar-refractivity contribution in [3.05, 3.63) is 11.7 Å². The van der Waals surface area contributed by atoms with Crippen molar-refractivity contribution in [2.24, 2.45) is 17.6 Å². The van der Waals surface area contributed by atoms with Crippen LogP contribution in [0.1, 0.15) is 51.9 Å². The van der Waals surface area contributed by atoms with Crippen LogP contribution in [0.5, 0.6) is 0 Å². The Kier molecular flexibility index (Phi) is 4.27. The Morgan fingerprint density at radius 3 is 2.40 bits per heavy atom. The molecule has 0 aromatic carbocycles. The maximum absolute atomic E-state index is 5.94. The van der Waals surface area contributed by atoms with Crippen LogP contribution in [0.2, 0.25) is 0 Å². The molecule has 0 unspecified atom stereocenters. The van der Waals surface area contributed by atoms with Gasteiger partial charge in [0.05, 0.1) is 6.04 Å². The van der Waals surface area contributed by atoms with Gasteiger partial charge in [-0.25, -0.2) is 0 Å². The van der Waals surface area contributed by atoms with Crippen molar-refractivity contribution in [2.75, 3.05) is 0 Å². The summed E-state index contributed by atoms with van der Waals surface area (Å²) in [6.07, 6.45) is 1.72. The van der Waals surface area contributed by atoms with Gasteiger partial charge < -0.3 is 10.3 Å². The van der Waals surface area contributed by atoms with E-state index in [0.29, 0.717) is 17.7 Å². The van der Waals surface area contributed by atoms with Gasteiger partial charge >= 0.3 is 0 Å². The summed E-state index contributed by atoms with van der Waals surface area (Å²) in [5.41, 5.74) is 5.94. The highest BCUT2D eigenvalue weighted by Crippen LogP contribution is 2.17. The molecular formula is C11H21N3O. The zero-order valence-corrected chi connectivity index (χ0v) is 10.0. The van der Waals surface area contributed by atoms with E-state index in [1.54, 1.807) is 0 Å². The topological polar surface area (TPSA) is 64.9 Å². The minimum atomic E-state index is -0.126. The maximum atomic E-state index is 5.94. The predicted octanol–water partition coefficient (Wildman–Crippen LogP) is 2.31. The van der Waals surface area contributed by atoms with Crippen molar-refractivity contribution in [3.63, 3.8) is 0 Å². The molecule has 86 valence electrons. The molecule has 0 bridgehead atoms. The zero-order chi connectivity index (χ0) is 11.4. The maximum Gasteiger partial charge on any atom is 0.243 e. The molecule has 0 saturated heterocycles. The molecule has 15 heavy (non-hydrogen) atoms. The monoisotopic (exact) mass is 211 g/mol. The third-order valence-electron chi connectivity index (χ3n) is 2.12. The van der Waals surface area contributed by atoms with Crippen molar-refractivity contribution in [3.8, 4) is 0 Å². The standard InChI is InChI=1S/C11H21N3O/c1-7(2)5-9(12)11-13-10(14-15-11)6-8(3)4/h7-9H,5-6,12H2,1-4H3/t9-/m0/s1. The molecule has 0 radical (unpaired) electrons. The summed E-state index contributed by atoms with van der Waals surface area (Å²) in [5.74, 6) is 2.41. The van der Waals surface area contributed by atoms with E-state index in [0.717, 1.165) is 18.7 Å². The molecule has 0 amide bonds. The van der Waals surface area contributed by atoms with E-state index in [4.69, 9.17) is 10.3 Å². The van der Waals surface area contributed by atoms with E-state index in [2.05, 4.69) is 37.8 Å². The first-order chi connectivity index (χ1) is 6.99. The summed E-state index contributed by atoms with van der Waals surface area (Å²) in [7, 11) is 0. The average Bonchev–Trinajstić information content (AvgIpc) is 2.50. The summed E-state index contributed by atoms with van der Waals surface area (Å²) in [5, 5.41) is 3.92. The van der Waals surface area contributed by atoms with Crippen molar-refractivity contribution in [1.82, 2.24) is 10.1 Å². The molecule has 2 N–H and O–H groups in total. The molecule has 0 saturated carbocycles. The first-order valence-electron chi connectivity index (χ1n) is 5.57. The van der Waals surface area contributed by atoms with Crippen LogP contribution in [0.25, 0.3) is 0 Å². The lowest BCUT2D eigenvalue weighted by atomic mass is 10.0. The van der Waals surface area contributed by atoms with E-state index in [9.17, 15) is 0 Å². The first kappa shape index (κ1) is 12.2. The predicted molar refractivity (Wildman–Crippen MR) is 59.2 cm³/mol. The Bertz CT molecular complexity index is 294. The van der Waals surface area contributed by atoms with E-state index in [-0.39, 0.29) is 6.04 Å². The van der Waals surface area contributed by atoms with Crippen LogP contribution in [0, 0.1) is 11.8 Å². The molecule has 4 heteroatoms. The third-order valence-corrected chi connectivity index (χ3v) is 2.12. The summed E-state index contributed by atoms with van der Waals surface area (Å²) in [6.45, 7) is 8.52. The van der Waals surface area contributed by atoms with E-state index >= 15 is 0 Å². The minimum absolute atomic E-state index is 0.126. The van der Waals surface area contributed by atoms with Gasteiger partial charge in [-0.2, -0.15) is 4.98 Å². The summed E-state index contributed by atoms with van der Waals surface area (Å²) in [6, 6.07) is -0.126. The van der Waals surface area contributed by atoms with Crippen LogP contribution in [0.3, 0.4) is 0 Å². The fourth-order valence-corrected chi connectivity index (χ4v) is 1.47. The normalized spacial score (nSPS) is 13.8. The van der Waals surface area contributed by atoms with Crippen molar-refractivity contribution >= 4 is 0 Å². The van der Waals surface area contributed by atoms with Gasteiger partial charge in [0.25, 0.3) is 0 Å². The number of aromatic nitrogens is 2. The molecule has 1 aromatic rings. The van der Waals surface area contributed by atoms with Crippen molar-refractivity contribution in [2.45, 2.75) is 46.6 Å². The highest BCUT2D eigenvalue weighted by molar-refractivity contribution is 4.92. The number of hydrogen-bond acceptors (Lipinski definition) is 4. The second kappa shape index (κ2) is 5.26. The lowest BCUT2D eigenvalue weighted by Crippen LogP contribution is -2.13.